The van der Waals surface area contributed by atoms with E-state index in [2.05, 4.69) is 0 Å². The minimum absolute atomic E-state index is 0.164. The third-order valence-electron chi connectivity index (χ3n) is 3.96. The maximum Gasteiger partial charge on any atom is 0.410 e. The zero-order valence-corrected chi connectivity index (χ0v) is 13.4. The van der Waals surface area contributed by atoms with Crippen LogP contribution in [0.1, 0.15) is 46.5 Å². The molecule has 5 nitrogen and oxygen atoms in total. The smallest absolute Gasteiger partial charge is 0.410 e. The van der Waals surface area contributed by atoms with Gasteiger partial charge in [0, 0.05) is 26.8 Å². The summed E-state index contributed by atoms with van der Waals surface area (Å²) in [5.74, 6) is 0. The molecule has 0 aliphatic carbocycles. The van der Waals surface area contributed by atoms with E-state index in [-0.39, 0.29) is 11.5 Å². The molecule has 1 saturated heterocycles. The minimum atomic E-state index is -0.433. The number of carbonyl (C=O) groups is 1. The van der Waals surface area contributed by atoms with E-state index in [0.717, 1.165) is 45.4 Å². The molecule has 0 saturated carbocycles. The average Bonchev–Trinajstić information content (AvgIpc) is 2.38. The van der Waals surface area contributed by atoms with Gasteiger partial charge in [-0.2, -0.15) is 0 Å². The summed E-state index contributed by atoms with van der Waals surface area (Å²) in [7, 11) is 1.72. The molecule has 0 bridgehead atoms. The van der Waals surface area contributed by atoms with Gasteiger partial charge in [-0.3, -0.25) is 0 Å². The summed E-state index contributed by atoms with van der Waals surface area (Å²) in [6.07, 6.45) is 3.79. The molecule has 1 amide bonds. The Bertz CT molecular complexity index is 305. The Hall–Kier alpha value is -0.810. The van der Waals surface area contributed by atoms with Crippen LogP contribution in [0.4, 0.5) is 4.79 Å². The zero-order chi connectivity index (χ0) is 15.2. The van der Waals surface area contributed by atoms with Gasteiger partial charge in [0.2, 0.25) is 0 Å². The molecule has 0 aromatic heterocycles. The molecular weight excluding hydrogens is 256 g/mol. The minimum Gasteiger partial charge on any atom is -0.444 e. The van der Waals surface area contributed by atoms with Crippen molar-refractivity contribution in [3.05, 3.63) is 0 Å². The lowest BCUT2D eigenvalue weighted by atomic mass is 9.75. The third kappa shape index (κ3) is 5.29. The lowest BCUT2D eigenvalue weighted by Gasteiger charge is -2.41. The molecule has 20 heavy (non-hydrogen) atoms. The second-order valence-corrected chi connectivity index (χ2v) is 6.77. The first-order chi connectivity index (χ1) is 9.32. The number of amides is 1. The van der Waals surface area contributed by atoms with Gasteiger partial charge in [0.25, 0.3) is 0 Å². The highest BCUT2D eigenvalue weighted by Crippen LogP contribution is 2.35. The van der Waals surface area contributed by atoms with Gasteiger partial charge in [-0.1, -0.05) is 0 Å². The van der Waals surface area contributed by atoms with Gasteiger partial charge in [-0.25, -0.2) is 4.79 Å². The quantitative estimate of drug-likeness (QED) is 0.788. The highest BCUT2D eigenvalue weighted by Gasteiger charge is 2.35. The van der Waals surface area contributed by atoms with Crippen molar-refractivity contribution in [3.8, 4) is 0 Å². The number of piperidine rings is 1. The molecule has 1 rings (SSSR count). The van der Waals surface area contributed by atoms with E-state index in [1.165, 1.54) is 0 Å². The Kier molecular flexibility index (Phi) is 6.27. The van der Waals surface area contributed by atoms with Crippen LogP contribution in [0.15, 0.2) is 0 Å². The number of hydrogen-bond acceptors (Lipinski definition) is 4. The van der Waals surface area contributed by atoms with E-state index >= 15 is 0 Å². The number of rotatable bonds is 5. The maximum absolute atomic E-state index is 12.0. The molecule has 1 heterocycles. The summed E-state index contributed by atoms with van der Waals surface area (Å²) in [5.41, 5.74) is 5.70. The molecule has 0 atom stereocenters. The van der Waals surface area contributed by atoms with E-state index in [1.54, 1.807) is 12.0 Å². The number of carbonyl (C=O) groups excluding carboxylic acids is 1. The van der Waals surface area contributed by atoms with Crippen molar-refractivity contribution in [2.75, 3.05) is 33.4 Å². The molecule has 0 unspecified atom stereocenters. The zero-order valence-electron chi connectivity index (χ0n) is 13.4. The van der Waals surface area contributed by atoms with Crippen LogP contribution < -0.4 is 5.73 Å². The van der Waals surface area contributed by atoms with Gasteiger partial charge in [-0.05, 0) is 58.4 Å². The van der Waals surface area contributed by atoms with Crippen molar-refractivity contribution in [3.63, 3.8) is 0 Å². The Morgan fingerprint density at radius 1 is 1.30 bits per heavy atom. The molecular formula is C15H30N2O3. The van der Waals surface area contributed by atoms with Gasteiger partial charge in [0.05, 0.1) is 0 Å². The highest BCUT2D eigenvalue weighted by atomic mass is 16.6. The van der Waals surface area contributed by atoms with Gasteiger partial charge in [0.1, 0.15) is 5.60 Å². The van der Waals surface area contributed by atoms with E-state index in [1.807, 2.05) is 20.8 Å². The predicted molar refractivity (Wildman–Crippen MR) is 79.6 cm³/mol. The molecule has 2 N–H and O–H groups in total. The van der Waals surface area contributed by atoms with Crippen molar-refractivity contribution >= 4 is 6.09 Å². The largest absolute Gasteiger partial charge is 0.444 e. The molecule has 1 aliphatic rings. The third-order valence-corrected chi connectivity index (χ3v) is 3.96. The second kappa shape index (κ2) is 7.27. The van der Waals surface area contributed by atoms with Gasteiger partial charge >= 0.3 is 6.09 Å². The monoisotopic (exact) mass is 286 g/mol. The number of ether oxygens (including phenoxy) is 2. The summed E-state index contributed by atoms with van der Waals surface area (Å²) < 4.78 is 10.5. The standard InChI is InChI=1S/C15H30N2O3/c1-14(2,3)20-13(18)17-9-7-15(12-16,8-10-17)6-5-11-19-4/h5-12,16H2,1-4H3. The number of likely N-dealkylation sites (tertiary alicyclic amines) is 1. The van der Waals surface area contributed by atoms with Crippen LogP contribution in [0.5, 0.6) is 0 Å². The van der Waals surface area contributed by atoms with Crippen molar-refractivity contribution in [2.45, 2.75) is 52.1 Å². The number of hydrogen-bond donors (Lipinski definition) is 1. The SMILES string of the molecule is COCCCC1(CN)CCN(C(=O)OC(C)(C)C)CC1. The Balaban J connectivity index is 2.46. The van der Waals surface area contributed by atoms with Gasteiger partial charge in [-0.15, -0.1) is 0 Å². The number of nitrogens with two attached hydrogens (primary N) is 1. The second-order valence-electron chi connectivity index (χ2n) is 6.77. The molecule has 118 valence electrons. The van der Waals surface area contributed by atoms with Crippen LogP contribution in [-0.2, 0) is 9.47 Å². The predicted octanol–water partition coefficient (Wildman–Crippen LogP) is 2.39. The fourth-order valence-electron chi connectivity index (χ4n) is 2.64. The normalized spacial score (nSPS) is 18.9. The van der Waals surface area contributed by atoms with Gasteiger partial charge < -0.3 is 20.1 Å². The molecule has 0 radical (unpaired) electrons. The van der Waals surface area contributed by atoms with E-state index in [4.69, 9.17) is 15.2 Å². The fourth-order valence-corrected chi connectivity index (χ4v) is 2.64. The van der Waals surface area contributed by atoms with E-state index < -0.39 is 5.60 Å². The van der Waals surface area contributed by atoms with Crippen LogP contribution in [0.2, 0.25) is 0 Å². The highest BCUT2D eigenvalue weighted by molar-refractivity contribution is 5.68. The molecule has 1 fully saturated rings. The summed E-state index contributed by atoms with van der Waals surface area (Å²) in [6, 6.07) is 0. The van der Waals surface area contributed by atoms with E-state index in [0.29, 0.717) is 6.54 Å². The van der Waals surface area contributed by atoms with Gasteiger partial charge in [0.15, 0.2) is 0 Å². The van der Waals surface area contributed by atoms with Crippen molar-refractivity contribution in [1.29, 1.82) is 0 Å². The first-order valence-corrected chi connectivity index (χ1v) is 7.49. The van der Waals surface area contributed by atoms with Crippen molar-refractivity contribution < 1.29 is 14.3 Å². The molecule has 5 heteroatoms. The molecule has 1 aliphatic heterocycles. The molecule has 0 aromatic rings. The summed E-state index contributed by atoms with van der Waals surface area (Å²) in [4.78, 5) is 13.8. The Morgan fingerprint density at radius 2 is 1.90 bits per heavy atom. The van der Waals surface area contributed by atoms with Crippen LogP contribution in [0.3, 0.4) is 0 Å². The topological polar surface area (TPSA) is 64.8 Å². The fraction of sp³-hybridized carbons (Fsp3) is 0.933. The summed E-state index contributed by atoms with van der Waals surface area (Å²) >= 11 is 0. The first kappa shape index (κ1) is 17.2. The van der Waals surface area contributed by atoms with Crippen molar-refractivity contribution in [1.82, 2.24) is 4.90 Å². The summed E-state index contributed by atoms with van der Waals surface area (Å²) in [5, 5.41) is 0. The molecule has 0 aromatic carbocycles. The number of nitrogens with zero attached hydrogens (tertiary/aromatic N) is 1. The van der Waals surface area contributed by atoms with E-state index in [9.17, 15) is 4.79 Å². The lowest BCUT2D eigenvalue weighted by Crippen LogP contribution is -2.47. The van der Waals surface area contributed by atoms with Crippen LogP contribution >= 0.6 is 0 Å². The van der Waals surface area contributed by atoms with Crippen LogP contribution in [-0.4, -0.2) is 49.9 Å². The number of methoxy groups -OCH3 is 1. The lowest BCUT2D eigenvalue weighted by molar-refractivity contribution is 0.00889. The Labute approximate surface area is 122 Å². The average molecular weight is 286 g/mol. The van der Waals surface area contributed by atoms with Crippen LogP contribution in [0.25, 0.3) is 0 Å². The molecule has 0 spiro atoms. The van der Waals surface area contributed by atoms with Crippen molar-refractivity contribution in [2.24, 2.45) is 11.1 Å². The maximum atomic E-state index is 12.0. The Morgan fingerprint density at radius 3 is 2.35 bits per heavy atom. The summed E-state index contributed by atoms with van der Waals surface area (Å²) in [6.45, 7) is 8.60. The van der Waals surface area contributed by atoms with Crippen LogP contribution in [0, 0.1) is 5.41 Å². The first-order valence-electron chi connectivity index (χ1n) is 7.49.